The Balaban J connectivity index is 1.52. The van der Waals surface area contributed by atoms with E-state index in [9.17, 15) is 4.79 Å². The van der Waals surface area contributed by atoms with E-state index >= 15 is 0 Å². The number of rotatable bonds is 5. The third kappa shape index (κ3) is 3.36. The fourth-order valence-corrected chi connectivity index (χ4v) is 5.39. The van der Waals surface area contributed by atoms with Crippen LogP contribution in [0.5, 0.6) is 5.88 Å². The molecular weight excluding hydrogens is 414 g/mol. The maximum atomic E-state index is 12.7. The van der Waals surface area contributed by atoms with Gasteiger partial charge in [0.15, 0.2) is 5.65 Å². The average Bonchev–Trinajstić information content (AvgIpc) is 3.40. The summed E-state index contributed by atoms with van der Waals surface area (Å²) < 4.78 is 5.47. The Morgan fingerprint density at radius 1 is 1.42 bits per heavy atom. The summed E-state index contributed by atoms with van der Waals surface area (Å²) in [7, 11) is 3.46. The Morgan fingerprint density at radius 2 is 2.29 bits per heavy atom. The van der Waals surface area contributed by atoms with Crippen LogP contribution in [0.25, 0.3) is 21.3 Å². The van der Waals surface area contributed by atoms with Gasteiger partial charge in [-0.3, -0.25) is 9.89 Å². The molecule has 0 aromatic carbocycles. The number of aromatic nitrogens is 5. The number of thiophene rings is 1. The van der Waals surface area contributed by atoms with Gasteiger partial charge in [-0.2, -0.15) is 10.1 Å². The van der Waals surface area contributed by atoms with Crippen molar-refractivity contribution in [1.82, 2.24) is 30.0 Å². The highest BCUT2D eigenvalue weighted by Gasteiger charge is 2.30. The van der Waals surface area contributed by atoms with E-state index in [1.54, 1.807) is 35.9 Å². The molecule has 1 aliphatic carbocycles. The van der Waals surface area contributed by atoms with Crippen molar-refractivity contribution in [3.63, 3.8) is 0 Å². The number of aromatic amines is 1. The van der Waals surface area contributed by atoms with E-state index in [1.165, 1.54) is 10.4 Å². The highest BCUT2D eigenvalue weighted by molar-refractivity contribution is 7.19. The highest BCUT2D eigenvalue weighted by Crippen LogP contribution is 2.41. The minimum atomic E-state index is 0.0303. The lowest BCUT2D eigenvalue weighted by molar-refractivity contribution is -0.134. The molecule has 0 fully saturated rings. The average molecular weight is 438 g/mol. The lowest BCUT2D eigenvalue weighted by atomic mass is 9.87. The SMILES string of the molecule is CCN(C)C(=O)C1CCc2c(sc3ncnc(Nc4cc5cn[nH]c5nc4OC)c23)C1. The van der Waals surface area contributed by atoms with Crippen molar-refractivity contribution in [1.29, 1.82) is 0 Å². The molecule has 4 heterocycles. The molecule has 1 atom stereocenters. The number of amides is 1. The number of aryl methyl sites for hydroxylation is 1. The van der Waals surface area contributed by atoms with Gasteiger partial charge in [0.2, 0.25) is 11.8 Å². The van der Waals surface area contributed by atoms with Crippen LogP contribution >= 0.6 is 11.3 Å². The number of hydrogen-bond donors (Lipinski definition) is 2. The van der Waals surface area contributed by atoms with Gasteiger partial charge in [0.25, 0.3) is 0 Å². The van der Waals surface area contributed by atoms with Gasteiger partial charge in [0.05, 0.1) is 18.7 Å². The van der Waals surface area contributed by atoms with Gasteiger partial charge < -0.3 is 15.0 Å². The fraction of sp³-hybridized carbons (Fsp3) is 0.381. The first-order chi connectivity index (χ1) is 15.1. The molecule has 1 aliphatic rings. The zero-order chi connectivity index (χ0) is 21.5. The second-order valence-corrected chi connectivity index (χ2v) is 8.76. The van der Waals surface area contributed by atoms with Crippen LogP contribution in [0, 0.1) is 5.92 Å². The van der Waals surface area contributed by atoms with Gasteiger partial charge >= 0.3 is 0 Å². The van der Waals surface area contributed by atoms with Crippen molar-refractivity contribution < 1.29 is 9.53 Å². The summed E-state index contributed by atoms with van der Waals surface area (Å²) in [5, 5.41) is 12.2. The first-order valence-corrected chi connectivity index (χ1v) is 11.1. The number of carbonyl (C=O) groups excluding carboxylic acids is 1. The normalized spacial score (nSPS) is 15.8. The minimum absolute atomic E-state index is 0.0303. The Kier molecular flexibility index (Phi) is 4.93. The number of methoxy groups -OCH3 is 1. The number of hydrogen-bond acceptors (Lipinski definition) is 8. The van der Waals surface area contributed by atoms with Crippen molar-refractivity contribution >= 4 is 50.0 Å². The highest BCUT2D eigenvalue weighted by atomic mass is 32.1. The Hall–Kier alpha value is -3.27. The largest absolute Gasteiger partial charge is 0.479 e. The summed E-state index contributed by atoms with van der Waals surface area (Å²) in [6.07, 6.45) is 5.71. The van der Waals surface area contributed by atoms with Gasteiger partial charge in [-0.25, -0.2) is 9.97 Å². The standard InChI is InChI=1S/C21H23N7O2S/c1-4-28(2)21(29)11-5-6-13-15(8-11)31-20-16(13)18(22-10-23-20)25-14-7-12-9-24-27-17(12)26-19(14)30-3/h7,9-11H,4-6,8H2,1-3H3,(H,22,23,25)(H,24,26,27). The molecule has 0 saturated heterocycles. The predicted molar refractivity (Wildman–Crippen MR) is 120 cm³/mol. The number of pyridine rings is 1. The number of ether oxygens (including phenoxy) is 1. The van der Waals surface area contributed by atoms with Crippen LogP contribution in [0.1, 0.15) is 23.8 Å². The number of fused-ring (bicyclic) bond motifs is 4. The summed E-state index contributed by atoms with van der Waals surface area (Å²) in [6.45, 7) is 2.73. The molecule has 160 valence electrons. The van der Waals surface area contributed by atoms with Crippen LogP contribution in [0.2, 0.25) is 0 Å². The summed E-state index contributed by atoms with van der Waals surface area (Å²) in [5.41, 5.74) is 2.61. The minimum Gasteiger partial charge on any atom is -0.479 e. The number of carbonyl (C=O) groups is 1. The summed E-state index contributed by atoms with van der Waals surface area (Å²) in [5.74, 6) is 1.43. The molecule has 31 heavy (non-hydrogen) atoms. The van der Waals surface area contributed by atoms with E-state index in [1.807, 2.05) is 20.0 Å². The molecular formula is C21H23N7O2S. The molecule has 5 rings (SSSR count). The van der Waals surface area contributed by atoms with Crippen molar-refractivity contribution in [2.45, 2.75) is 26.2 Å². The van der Waals surface area contributed by atoms with Gasteiger partial charge in [-0.1, -0.05) is 0 Å². The van der Waals surface area contributed by atoms with Gasteiger partial charge in [0, 0.05) is 29.8 Å². The smallest absolute Gasteiger partial charge is 0.239 e. The van der Waals surface area contributed by atoms with Crippen molar-refractivity contribution in [3.05, 3.63) is 29.0 Å². The zero-order valence-corrected chi connectivity index (χ0v) is 18.4. The number of anilines is 2. The second kappa shape index (κ2) is 7.77. The molecule has 1 unspecified atom stereocenters. The molecule has 4 aromatic rings. The predicted octanol–water partition coefficient (Wildman–Crippen LogP) is 3.30. The van der Waals surface area contributed by atoms with E-state index < -0.39 is 0 Å². The topological polar surface area (TPSA) is 109 Å². The molecule has 0 saturated carbocycles. The maximum absolute atomic E-state index is 12.7. The first-order valence-electron chi connectivity index (χ1n) is 10.2. The van der Waals surface area contributed by atoms with Gasteiger partial charge in [0.1, 0.15) is 22.7 Å². The van der Waals surface area contributed by atoms with E-state index in [0.717, 1.165) is 47.2 Å². The van der Waals surface area contributed by atoms with Crippen molar-refractivity contribution in [3.8, 4) is 5.88 Å². The van der Waals surface area contributed by atoms with Crippen LogP contribution in [0.15, 0.2) is 18.6 Å². The number of nitrogens with zero attached hydrogens (tertiary/aromatic N) is 5. The van der Waals surface area contributed by atoms with Gasteiger partial charge in [-0.05, 0) is 37.8 Å². The van der Waals surface area contributed by atoms with Crippen LogP contribution < -0.4 is 10.1 Å². The molecule has 0 bridgehead atoms. The quantitative estimate of drug-likeness (QED) is 0.493. The third-order valence-electron chi connectivity index (χ3n) is 5.88. The number of nitrogens with one attached hydrogen (secondary N) is 2. The number of H-pyrrole nitrogens is 1. The summed E-state index contributed by atoms with van der Waals surface area (Å²) >= 11 is 1.66. The monoisotopic (exact) mass is 437 g/mol. The van der Waals surface area contributed by atoms with Crippen molar-refractivity contribution in [2.75, 3.05) is 26.0 Å². The molecule has 10 heteroatoms. The van der Waals surface area contributed by atoms with E-state index in [2.05, 4.69) is 30.5 Å². The molecule has 0 spiro atoms. The molecule has 0 radical (unpaired) electrons. The zero-order valence-electron chi connectivity index (χ0n) is 17.6. The molecule has 1 amide bonds. The molecule has 9 nitrogen and oxygen atoms in total. The fourth-order valence-electron chi connectivity index (χ4n) is 4.12. The van der Waals surface area contributed by atoms with Crippen LogP contribution in [0.3, 0.4) is 0 Å². The van der Waals surface area contributed by atoms with Crippen LogP contribution in [0.4, 0.5) is 11.5 Å². The Morgan fingerprint density at radius 3 is 3.10 bits per heavy atom. The third-order valence-corrected chi connectivity index (χ3v) is 7.05. The first kappa shape index (κ1) is 19.7. The van der Waals surface area contributed by atoms with Crippen LogP contribution in [-0.4, -0.2) is 56.7 Å². The summed E-state index contributed by atoms with van der Waals surface area (Å²) in [6, 6.07) is 1.94. The summed E-state index contributed by atoms with van der Waals surface area (Å²) in [4.78, 5) is 30.1. The van der Waals surface area contributed by atoms with E-state index in [-0.39, 0.29) is 11.8 Å². The van der Waals surface area contributed by atoms with Gasteiger partial charge in [-0.15, -0.1) is 11.3 Å². The van der Waals surface area contributed by atoms with E-state index in [0.29, 0.717) is 17.2 Å². The molecule has 2 N–H and O–H groups in total. The van der Waals surface area contributed by atoms with E-state index in [4.69, 9.17) is 4.74 Å². The molecule has 0 aliphatic heterocycles. The Bertz CT molecular complexity index is 1280. The van der Waals surface area contributed by atoms with Crippen molar-refractivity contribution in [2.24, 2.45) is 5.92 Å². The lowest BCUT2D eigenvalue weighted by Gasteiger charge is -2.26. The lowest BCUT2D eigenvalue weighted by Crippen LogP contribution is -2.35. The maximum Gasteiger partial charge on any atom is 0.239 e. The second-order valence-electron chi connectivity index (χ2n) is 7.68. The molecule has 4 aromatic heterocycles. The van der Waals surface area contributed by atoms with Crippen LogP contribution in [-0.2, 0) is 17.6 Å². The Labute approximate surface area is 182 Å².